The number of hydrogen-bond acceptors (Lipinski definition) is 4. The lowest BCUT2D eigenvalue weighted by molar-refractivity contribution is -0.121. The van der Waals surface area contributed by atoms with E-state index in [9.17, 15) is 9.59 Å². The van der Waals surface area contributed by atoms with E-state index < -0.39 is 0 Å². The fourth-order valence-electron chi connectivity index (χ4n) is 1.53. The molecule has 2 aromatic rings. The van der Waals surface area contributed by atoms with E-state index in [1.54, 1.807) is 37.4 Å². The van der Waals surface area contributed by atoms with Crippen molar-refractivity contribution in [1.82, 2.24) is 15.8 Å². The smallest absolute Gasteiger partial charge is 0.269 e. The van der Waals surface area contributed by atoms with Crippen molar-refractivity contribution < 1.29 is 9.59 Å². The number of benzene rings is 1. The Morgan fingerprint density at radius 3 is 2.43 bits per heavy atom. The Morgan fingerprint density at radius 2 is 1.76 bits per heavy atom. The van der Waals surface area contributed by atoms with Gasteiger partial charge in [-0.1, -0.05) is 36.0 Å². The van der Waals surface area contributed by atoms with Gasteiger partial charge in [0.15, 0.2) is 0 Å². The fraction of sp³-hybridized carbons (Fsp3) is 0.133. The number of rotatable bonds is 4. The van der Waals surface area contributed by atoms with Crippen LogP contribution in [-0.2, 0) is 4.79 Å². The van der Waals surface area contributed by atoms with Crippen molar-refractivity contribution in [3.8, 4) is 0 Å². The summed E-state index contributed by atoms with van der Waals surface area (Å²) in [5.74, 6) is -0.631. The highest BCUT2D eigenvalue weighted by Gasteiger charge is 2.15. The van der Waals surface area contributed by atoms with Crippen LogP contribution in [0.2, 0.25) is 0 Å². The van der Waals surface area contributed by atoms with Crippen LogP contribution in [0.25, 0.3) is 0 Å². The molecule has 2 N–H and O–H groups in total. The Kier molecular flexibility index (Phi) is 5.34. The van der Waals surface area contributed by atoms with Crippen molar-refractivity contribution in [2.75, 3.05) is 0 Å². The number of carbonyl (C=O) groups is 2. The Labute approximate surface area is 127 Å². The van der Waals surface area contributed by atoms with Crippen LogP contribution in [0.3, 0.4) is 0 Å². The first-order valence-electron chi connectivity index (χ1n) is 6.40. The van der Waals surface area contributed by atoms with Crippen molar-refractivity contribution in [1.29, 1.82) is 0 Å². The second-order valence-electron chi connectivity index (χ2n) is 4.24. The molecule has 21 heavy (non-hydrogen) atoms. The summed E-state index contributed by atoms with van der Waals surface area (Å²) in [6.45, 7) is 1.75. The number of carbonyl (C=O) groups excluding carboxylic acids is 2. The van der Waals surface area contributed by atoms with E-state index >= 15 is 0 Å². The molecule has 1 aromatic carbocycles. The predicted molar refractivity (Wildman–Crippen MR) is 81.6 cm³/mol. The minimum Gasteiger partial charge on any atom is -0.272 e. The average Bonchev–Trinajstić information content (AvgIpc) is 2.54. The Hall–Kier alpha value is -2.34. The molecule has 0 aliphatic heterocycles. The zero-order chi connectivity index (χ0) is 15.1. The van der Waals surface area contributed by atoms with Crippen molar-refractivity contribution >= 4 is 23.6 Å². The lowest BCUT2D eigenvalue weighted by Gasteiger charge is -2.12. The fourth-order valence-corrected chi connectivity index (χ4v) is 2.34. The van der Waals surface area contributed by atoms with E-state index in [0.717, 1.165) is 5.03 Å². The summed E-state index contributed by atoms with van der Waals surface area (Å²) in [5, 5.41) is 0.394. The van der Waals surface area contributed by atoms with Gasteiger partial charge in [-0.05, 0) is 31.2 Å². The number of hydrazine groups is 1. The highest BCUT2D eigenvalue weighted by atomic mass is 32.2. The van der Waals surface area contributed by atoms with Gasteiger partial charge < -0.3 is 0 Å². The minimum atomic E-state index is -0.365. The number of thioether (sulfide) groups is 1. The standard InChI is InChI=1S/C15H15N3O2S/c1-11(21-13-9-5-6-10-16-13)14(19)17-18-15(20)12-7-3-2-4-8-12/h2-11H,1H3,(H,17,19)(H,18,20)/t11-/m1/s1. The largest absolute Gasteiger partial charge is 0.272 e. The van der Waals surface area contributed by atoms with E-state index in [2.05, 4.69) is 15.8 Å². The molecule has 0 saturated carbocycles. The highest BCUT2D eigenvalue weighted by molar-refractivity contribution is 8.00. The zero-order valence-electron chi connectivity index (χ0n) is 11.4. The van der Waals surface area contributed by atoms with Crippen LogP contribution in [0, 0.1) is 0 Å². The molecule has 5 nitrogen and oxygen atoms in total. The van der Waals surface area contributed by atoms with Gasteiger partial charge in [0.05, 0.1) is 10.3 Å². The molecule has 1 aromatic heterocycles. The molecule has 0 aliphatic carbocycles. The molecule has 108 valence electrons. The summed E-state index contributed by atoms with van der Waals surface area (Å²) < 4.78 is 0. The third-order valence-electron chi connectivity index (χ3n) is 2.64. The van der Waals surface area contributed by atoms with Gasteiger partial charge in [0, 0.05) is 11.8 Å². The van der Waals surface area contributed by atoms with E-state index in [1.807, 2.05) is 24.3 Å². The van der Waals surface area contributed by atoms with Crippen molar-refractivity contribution in [3.63, 3.8) is 0 Å². The SMILES string of the molecule is C[C@@H](Sc1ccccn1)C(=O)NNC(=O)c1ccccc1. The van der Waals surface area contributed by atoms with Crippen molar-refractivity contribution in [2.45, 2.75) is 17.2 Å². The molecule has 0 spiro atoms. The van der Waals surface area contributed by atoms with Gasteiger partial charge in [-0.2, -0.15) is 0 Å². The van der Waals surface area contributed by atoms with Gasteiger partial charge >= 0.3 is 0 Å². The first-order chi connectivity index (χ1) is 10.2. The maximum absolute atomic E-state index is 11.9. The summed E-state index contributed by atoms with van der Waals surface area (Å²) in [5.41, 5.74) is 5.30. The summed E-state index contributed by atoms with van der Waals surface area (Å²) in [6, 6.07) is 14.2. The molecule has 1 heterocycles. The Morgan fingerprint density at radius 1 is 1.05 bits per heavy atom. The molecule has 1 atom stereocenters. The van der Waals surface area contributed by atoms with Crippen LogP contribution >= 0.6 is 11.8 Å². The summed E-state index contributed by atoms with van der Waals surface area (Å²) in [7, 11) is 0. The van der Waals surface area contributed by atoms with Crippen LogP contribution in [0.15, 0.2) is 59.8 Å². The topological polar surface area (TPSA) is 71.1 Å². The maximum Gasteiger partial charge on any atom is 0.269 e. The third kappa shape index (κ3) is 4.61. The number of hydrogen-bond donors (Lipinski definition) is 2. The van der Waals surface area contributed by atoms with E-state index in [0.29, 0.717) is 5.56 Å². The quantitative estimate of drug-likeness (QED) is 0.669. The van der Waals surface area contributed by atoms with Crippen LogP contribution < -0.4 is 10.9 Å². The molecule has 0 aliphatic rings. The lowest BCUT2D eigenvalue weighted by atomic mass is 10.2. The van der Waals surface area contributed by atoms with Crippen molar-refractivity contribution in [3.05, 3.63) is 60.3 Å². The third-order valence-corrected chi connectivity index (χ3v) is 3.69. The summed E-state index contributed by atoms with van der Waals surface area (Å²) in [6.07, 6.45) is 1.67. The number of pyridine rings is 1. The van der Waals surface area contributed by atoms with Crippen LogP contribution in [0.5, 0.6) is 0 Å². The van der Waals surface area contributed by atoms with Crippen LogP contribution in [0.4, 0.5) is 0 Å². The predicted octanol–water partition coefficient (Wildman–Crippen LogP) is 2.02. The number of aromatic nitrogens is 1. The first-order valence-corrected chi connectivity index (χ1v) is 7.27. The number of nitrogens with one attached hydrogen (secondary N) is 2. The second-order valence-corrected chi connectivity index (χ2v) is 5.60. The lowest BCUT2D eigenvalue weighted by Crippen LogP contribution is -2.44. The molecule has 0 bridgehead atoms. The monoisotopic (exact) mass is 301 g/mol. The van der Waals surface area contributed by atoms with E-state index in [4.69, 9.17) is 0 Å². The number of amides is 2. The molecular weight excluding hydrogens is 286 g/mol. The molecule has 0 radical (unpaired) electrons. The van der Waals surface area contributed by atoms with Gasteiger partial charge in [0.25, 0.3) is 11.8 Å². The van der Waals surface area contributed by atoms with Gasteiger partial charge in [-0.15, -0.1) is 0 Å². The Bertz CT molecular complexity index is 605. The van der Waals surface area contributed by atoms with Gasteiger partial charge in [-0.3, -0.25) is 20.4 Å². The van der Waals surface area contributed by atoms with Crippen LogP contribution in [0.1, 0.15) is 17.3 Å². The van der Waals surface area contributed by atoms with Crippen LogP contribution in [-0.4, -0.2) is 22.0 Å². The minimum absolute atomic E-state index is 0.282. The molecule has 6 heteroatoms. The molecule has 0 unspecified atom stereocenters. The van der Waals surface area contributed by atoms with Gasteiger partial charge in [0.1, 0.15) is 0 Å². The first kappa shape index (κ1) is 15.1. The molecule has 0 fully saturated rings. The molecular formula is C15H15N3O2S. The second kappa shape index (κ2) is 7.44. The van der Waals surface area contributed by atoms with E-state index in [1.165, 1.54) is 11.8 Å². The van der Waals surface area contributed by atoms with Crippen molar-refractivity contribution in [2.24, 2.45) is 0 Å². The maximum atomic E-state index is 11.9. The molecule has 0 saturated heterocycles. The Balaban J connectivity index is 1.83. The summed E-state index contributed by atoms with van der Waals surface area (Å²) in [4.78, 5) is 27.8. The van der Waals surface area contributed by atoms with E-state index in [-0.39, 0.29) is 17.1 Å². The van der Waals surface area contributed by atoms with Gasteiger partial charge in [0.2, 0.25) is 0 Å². The molecule has 2 amide bonds. The average molecular weight is 301 g/mol. The molecule has 2 rings (SSSR count). The highest BCUT2D eigenvalue weighted by Crippen LogP contribution is 2.20. The zero-order valence-corrected chi connectivity index (χ0v) is 12.3. The number of nitrogens with zero attached hydrogens (tertiary/aromatic N) is 1. The van der Waals surface area contributed by atoms with Gasteiger partial charge in [-0.25, -0.2) is 4.98 Å². The summed E-state index contributed by atoms with van der Waals surface area (Å²) >= 11 is 1.32. The normalized spacial score (nSPS) is 11.5.